The third-order valence-electron chi connectivity index (χ3n) is 3.29. The molecular weight excluding hydrogens is 248 g/mol. The van der Waals surface area contributed by atoms with Gasteiger partial charge in [0, 0.05) is 12.8 Å². The highest BCUT2D eigenvalue weighted by atomic mass is 16.6. The zero-order valence-electron chi connectivity index (χ0n) is 13.6. The van der Waals surface area contributed by atoms with E-state index >= 15 is 0 Å². The van der Waals surface area contributed by atoms with E-state index in [1.54, 1.807) is 0 Å². The molecule has 0 saturated carbocycles. The highest BCUT2D eigenvalue weighted by molar-refractivity contribution is 5.69. The number of rotatable bonds is 10. The van der Waals surface area contributed by atoms with Gasteiger partial charge >= 0.3 is 5.97 Å². The molecule has 0 amide bonds. The van der Waals surface area contributed by atoms with Crippen molar-refractivity contribution < 1.29 is 9.53 Å². The maximum absolute atomic E-state index is 11.3. The predicted octanol–water partition coefficient (Wildman–Crippen LogP) is 5.21. The standard InChI is InChI=1S/C18H30O2/c1-7-9-12-16(15(3)4)13-10-11-14-18(5,6)20-17(19)8-2/h7,10-11,16H,1,3,8-9,12-14H2,2,4-6H3. The molecule has 0 heterocycles. The van der Waals surface area contributed by atoms with E-state index in [0.29, 0.717) is 12.3 Å². The van der Waals surface area contributed by atoms with Crippen molar-refractivity contribution in [3.05, 3.63) is 37.0 Å². The molecule has 2 nitrogen and oxygen atoms in total. The minimum atomic E-state index is -0.427. The Hall–Kier alpha value is -1.31. The molecule has 0 radical (unpaired) electrons. The molecule has 0 aromatic carbocycles. The van der Waals surface area contributed by atoms with E-state index in [0.717, 1.165) is 25.7 Å². The van der Waals surface area contributed by atoms with Crippen molar-refractivity contribution >= 4 is 5.97 Å². The summed E-state index contributed by atoms with van der Waals surface area (Å²) in [4.78, 5) is 11.3. The van der Waals surface area contributed by atoms with Gasteiger partial charge in [0.15, 0.2) is 0 Å². The van der Waals surface area contributed by atoms with Crippen LogP contribution in [0.4, 0.5) is 0 Å². The Kier molecular flexibility index (Phi) is 8.94. The first-order valence-corrected chi connectivity index (χ1v) is 7.45. The molecule has 0 aliphatic carbocycles. The molecule has 0 aromatic heterocycles. The summed E-state index contributed by atoms with van der Waals surface area (Å²) in [6, 6.07) is 0. The van der Waals surface area contributed by atoms with Crippen molar-refractivity contribution in [3.63, 3.8) is 0 Å². The van der Waals surface area contributed by atoms with E-state index in [-0.39, 0.29) is 5.97 Å². The summed E-state index contributed by atoms with van der Waals surface area (Å²) >= 11 is 0. The summed E-state index contributed by atoms with van der Waals surface area (Å²) in [6.45, 7) is 15.6. The monoisotopic (exact) mass is 278 g/mol. The van der Waals surface area contributed by atoms with Crippen LogP contribution in [0.2, 0.25) is 0 Å². The largest absolute Gasteiger partial charge is 0.459 e. The van der Waals surface area contributed by atoms with Crippen LogP contribution in [-0.4, -0.2) is 11.6 Å². The lowest BCUT2D eigenvalue weighted by molar-refractivity contribution is -0.155. The van der Waals surface area contributed by atoms with Gasteiger partial charge in [0.2, 0.25) is 0 Å². The molecule has 0 aliphatic heterocycles. The van der Waals surface area contributed by atoms with Crippen LogP contribution in [0.5, 0.6) is 0 Å². The molecule has 0 saturated heterocycles. The van der Waals surface area contributed by atoms with Crippen LogP contribution >= 0.6 is 0 Å². The summed E-state index contributed by atoms with van der Waals surface area (Å²) in [5.41, 5.74) is 0.789. The zero-order valence-corrected chi connectivity index (χ0v) is 13.6. The fourth-order valence-corrected chi connectivity index (χ4v) is 1.93. The number of hydrogen-bond acceptors (Lipinski definition) is 2. The maximum Gasteiger partial charge on any atom is 0.306 e. The number of ether oxygens (including phenoxy) is 1. The van der Waals surface area contributed by atoms with Gasteiger partial charge in [-0.1, -0.05) is 37.3 Å². The van der Waals surface area contributed by atoms with Crippen LogP contribution in [0.25, 0.3) is 0 Å². The van der Waals surface area contributed by atoms with Crippen LogP contribution in [-0.2, 0) is 9.53 Å². The minimum Gasteiger partial charge on any atom is -0.459 e. The van der Waals surface area contributed by atoms with E-state index in [9.17, 15) is 4.79 Å². The Balaban J connectivity index is 4.24. The van der Waals surface area contributed by atoms with Crippen LogP contribution in [0.1, 0.15) is 59.8 Å². The quantitative estimate of drug-likeness (QED) is 0.405. The van der Waals surface area contributed by atoms with Gasteiger partial charge in [-0.2, -0.15) is 0 Å². The summed E-state index contributed by atoms with van der Waals surface area (Å²) in [5.74, 6) is 0.361. The Morgan fingerprint density at radius 1 is 1.35 bits per heavy atom. The highest BCUT2D eigenvalue weighted by Crippen LogP contribution is 2.21. The van der Waals surface area contributed by atoms with Crippen molar-refractivity contribution in [3.8, 4) is 0 Å². The molecule has 0 bridgehead atoms. The molecule has 0 rings (SSSR count). The summed E-state index contributed by atoms with van der Waals surface area (Å²) < 4.78 is 5.39. The topological polar surface area (TPSA) is 26.3 Å². The first kappa shape index (κ1) is 18.7. The fourth-order valence-electron chi connectivity index (χ4n) is 1.93. The number of allylic oxidation sites excluding steroid dienone is 3. The maximum atomic E-state index is 11.3. The first-order chi connectivity index (χ1) is 9.32. The van der Waals surface area contributed by atoms with E-state index < -0.39 is 5.60 Å². The summed E-state index contributed by atoms with van der Waals surface area (Å²) in [5, 5.41) is 0. The van der Waals surface area contributed by atoms with Crippen molar-refractivity contribution in [2.45, 2.75) is 65.4 Å². The summed E-state index contributed by atoms with van der Waals surface area (Å²) in [6.07, 6.45) is 10.5. The fraction of sp³-hybridized carbons (Fsp3) is 0.611. The molecular formula is C18H30O2. The second-order valence-electron chi connectivity index (χ2n) is 5.91. The average Bonchev–Trinajstić information content (AvgIpc) is 2.36. The third-order valence-corrected chi connectivity index (χ3v) is 3.29. The van der Waals surface area contributed by atoms with E-state index in [2.05, 4.69) is 32.2 Å². The van der Waals surface area contributed by atoms with Gasteiger partial charge in [-0.05, 0) is 46.0 Å². The molecule has 1 atom stereocenters. The van der Waals surface area contributed by atoms with Gasteiger partial charge in [-0.25, -0.2) is 0 Å². The molecule has 0 aromatic rings. The second kappa shape index (κ2) is 9.57. The molecule has 0 spiro atoms. The van der Waals surface area contributed by atoms with Gasteiger partial charge in [-0.15, -0.1) is 6.58 Å². The SMILES string of the molecule is C=CCCC(CC=CCC(C)(C)OC(=O)CC)C(=C)C. The van der Waals surface area contributed by atoms with E-state index in [1.165, 1.54) is 5.57 Å². The van der Waals surface area contributed by atoms with Crippen LogP contribution in [0, 0.1) is 5.92 Å². The Bertz CT molecular complexity index is 350. The van der Waals surface area contributed by atoms with Crippen molar-refractivity contribution in [1.82, 2.24) is 0 Å². The lowest BCUT2D eigenvalue weighted by Crippen LogP contribution is -2.26. The lowest BCUT2D eigenvalue weighted by atomic mass is 9.92. The van der Waals surface area contributed by atoms with Crippen molar-refractivity contribution in [2.75, 3.05) is 0 Å². The molecule has 0 fully saturated rings. The Labute approximate surface area is 124 Å². The molecule has 0 N–H and O–H groups in total. The van der Waals surface area contributed by atoms with Crippen LogP contribution in [0.3, 0.4) is 0 Å². The smallest absolute Gasteiger partial charge is 0.306 e. The molecule has 0 aliphatic rings. The van der Waals surface area contributed by atoms with E-state index in [4.69, 9.17) is 4.74 Å². The van der Waals surface area contributed by atoms with Gasteiger partial charge in [0.25, 0.3) is 0 Å². The van der Waals surface area contributed by atoms with Crippen molar-refractivity contribution in [1.29, 1.82) is 0 Å². The average molecular weight is 278 g/mol. The van der Waals surface area contributed by atoms with Gasteiger partial charge in [0.05, 0.1) is 0 Å². The number of carbonyl (C=O) groups excluding carboxylic acids is 1. The lowest BCUT2D eigenvalue weighted by Gasteiger charge is -2.23. The number of esters is 1. The number of hydrogen-bond donors (Lipinski definition) is 0. The second-order valence-corrected chi connectivity index (χ2v) is 5.91. The van der Waals surface area contributed by atoms with Gasteiger partial charge in [-0.3, -0.25) is 4.79 Å². The molecule has 20 heavy (non-hydrogen) atoms. The van der Waals surface area contributed by atoms with Gasteiger partial charge in [0.1, 0.15) is 5.60 Å². The predicted molar refractivity (Wildman–Crippen MR) is 86.6 cm³/mol. The Morgan fingerprint density at radius 3 is 2.50 bits per heavy atom. The molecule has 114 valence electrons. The summed E-state index contributed by atoms with van der Waals surface area (Å²) in [7, 11) is 0. The first-order valence-electron chi connectivity index (χ1n) is 7.45. The third kappa shape index (κ3) is 8.73. The molecule has 2 heteroatoms. The van der Waals surface area contributed by atoms with Crippen LogP contribution in [0.15, 0.2) is 37.0 Å². The van der Waals surface area contributed by atoms with Gasteiger partial charge < -0.3 is 4.74 Å². The molecule has 1 unspecified atom stereocenters. The zero-order chi connectivity index (χ0) is 15.6. The van der Waals surface area contributed by atoms with E-state index in [1.807, 2.05) is 26.8 Å². The highest BCUT2D eigenvalue weighted by Gasteiger charge is 2.20. The minimum absolute atomic E-state index is 0.144. The van der Waals surface area contributed by atoms with Crippen molar-refractivity contribution in [2.24, 2.45) is 5.92 Å². The Morgan fingerprint density at radius 2 is 2.00 bits per heavy atom. The normalized spacial score (nSPS) is 13.2. The van der Waals surface area contributed by atoms with Crippen LogP contribution < -0.4 is 0 Å². The number of carbonyl (C=O) groups is 1.